The van der Waals surface area contributed by atoms with Crippen LogP contribution in [0.1, 0.15) is 28.1 Å². The topological polar surface area (TPSA) is 41.1 Å². The maximum absolute atomic E-state index is 11.8. The highest BCUT2D eigenvalue weighted by Gasteiger charge is 2.15. The number of amides is 1. The third kappa shape index (κ3) is 2.83. The fourth-order valence-electron chi connectivity index (χ4n) is 2.04. The lowest BCUT2D eigenvalue weighted by atomic mass is 10.1. The van der Waals surface area contributed by atoms with Gasteiger partial charge in [-0.3, -0.25) is 4.79 Å². The van der Waals surface area contributed by atoms with E-state index in [0.717, 1.165) is 42.4 Å². The molecule has 88 valence electrons. The summed E-state index contributed by atoms with van der Waals surface area (Å²) >= 11 is 1.52. The number of hydrogen-bond acceptors (Lipinski definition) is 3. The van der Waals surface area contributed by atoms with Crippen molar-refractivity contribution in [3.8, 4) is 0 Å². The molecule has 4 heteroatoms. The average Bonchev–Trinajstić information content (AvgIpc) is 2.88. The van der Waals surface area contributed by atoms with Gasteiger partial charge in [0.15, 0.2) is 0 Å². The van der Waals surface area contributed by atoms with E-state index in [4.69, 9.17) is 0 Å². The van der Waals surface area contributed by atoms with Crippen LogP contribution in [0.25, 0.3) is 0 Å². The van der Waals surface area contributed by atoms with Gasteiger partial charge < -0.3 is 10.6 Å². The van der Waals surface area contributed by atoms with E-state index in [0.29, 0.717) is 0 Å². The molecular formula is C12H18N2OS. The first-order valence-corrected chi connectivity index (χ1v) is 6.68. The zero-order valence-electron chi connectivity index (χ0n) is 9.58. The third-order valence-electron chi connectivity index (χ3n) is 3.07. The molecule has 2 N–H and O–H groups in total. The summed E-state index contributed by atoms with van der Waals surface area (Å²) in [5, 5.41) is 8.30. The van der Waals surface area contributed by atoms with E-state index >= 15 is 0 Å². The summed E-state index contributed by atoms with van der Waals surface area (Å²) in [7, 11) is 0. The van der Waals surface area contributed by atoms with Crippen LogP contribution in [0.2, 0.25) is 0 Å². The van der Waals surface area contributed by atoms with Crippen LogP contribution < -0.4 is 10.6 Å². The second-order valence-corrected chi connectivity index (χ2v) is 5.25. The fourth-order valence-corrected chi connectivity index (χ4v) is 2.88. The van der Waals surface area contributed by atoms with E-state index in [1.807, 2.05) is 18.4 Å². The molecule has 16 heavy (non-hydrogen) atoms. The fraction of sp³-hybridized carbons (Fsp3) is 0.583. The third-order valence-corrected chi connectivity index (χ3v) is 4.08. The van der Waals surface area contributed by atoms with Crippen molar-refractivity contribution in [3.63, 3.8) is 0 Å². The molecule has 1 aliphatic heterocycles. The Morgan fingerprint density at radius 2 is 2.56 bits per heavy atom. The molecule has 1 unspecified atom stereocenters. The quantitative estimate of drug-likeness (QED) is 0.839. The molecule has 1 aliphatic rings. The predicted molar refractivity (Wildman–Crippen MR) is 67.0 cm³/mol. The van der Waals surface area contributed by atoms with Crippen molar-refractivity contribution >= 4 is 17.2 Å². The molecule has 1 saturated heterocycles. The standard InChI is InChI=1S/C12H18N2OS/c1-9-4-7-16-11(9)12(15)14-6-3-10-2-5-13-8-10/h4,7,10,13H,2-3,5-6,8H2,1H3,(H,14,15). The second-order valence-electron chi connectivity index (χ2n) is 4.34. The summed E-state index contributed by atoms with van der Waals surface area (Å²) in [5.74, 6) is 0.822. The predicted octanol–water partition coefficient (Wildman–Crippen LogP) is 1.79. The van der Waals surface area contributed by atoms with Crippen molar-refractivity contribution in [2.75, 3.05) is 19.6 Å². The van der Waals surface area contributed by atoms with E-state index in [9.17, 15) is 4.79 Å². The second kappa shape index (κ2) is 5.46. The Kier molecular flexibility index (Phi) is 3.96. The summed E-state index contributed by atoms with van der Waals surface area (Å²) in [6.07, 6.45) is 2.33. The Bertz CT molecular complexity index is 356. The van der Waals surface area contributed by atoms with Crippen LogP contribution in [0.3, 0.4) is 0 Å². The first kappa shape index (κ1) is 11.6. The maximum atomic E-state index is 11.8. The van der Waals surface area contributed by atoms with Gasteiger partial charge in [-0.25, -0.2) is 0 Å². The molecule has 3 nitrogen and oxygen atoms in total. The number of aryl methyl sites for hydroxylation is 1. The number of carbonyl (C=O) groups excluding carboxylic acids is 1. The molecule has 1 aromatic heterocycles. The van der Waals surface area contributed by atoms with Crippen molar-refractivity contribution < 1.29 is 4.79 Å². The van der Waals surface area contributed by atoms with E-state index < -0.39 is 0 Å². The van der Waals surface area contributed by atoms with Gasteiger partial charge in [0.2, 0.25) is 0 Å². The van der Waals surface area contributed by atoms with Crippen molar-refractivity contribution in [1.82, 2.24) is 10.6 Å². The van der Waals surface area contributed by atoms with Crippen LogP contribution in [0.5, 0.6) is 0 Å². The van der Waals surface area contributed by atoms with Gasteiger partial charge in [0.1, 0.15) is 0 Å². The Hall–Kier alpha value is -0.870. The lowest BCUT2D eigenvalue weighted by molar-refractivity contribution is 0.0955. The van der Waals surface area contributed by atoms with Gasteiger partial charge in [0.05, 0.1) is 4.88 Å². The Balaban J connectivity index is 1.73. The molecule has 1 amide bonds. The summed E-state index contributed by atoms with van der Waals surface area (Å²) < 4.78 is 0. The highest BCUT2D eigenvalue weighted by atomic mass is 32.1. The Morgan fingerprint density at radius 1 is 1.69 bits per heavy atom. The summed E-state index contributed by atoms with van der Waals surface area (Å²) in [5.41, 5.74) is 1.07. The largest absolute Gasteiger partial charge is 0.351 e. The summed E-state index contributed by atoms with van der Waals surface area (Å²) in [6.45, 7) is 5.01. The maximum Gasteiger partial charge on any atom is 0.261 e. The summed E-state index contributed by atoms with van der Waals surface area (Å²) in [4.78, 5) is 12.6. The van der Waals surface area contributed by atoms with Crippen LogP contribution >= 0.6 is 11.3 Å². The lowest BCUT2D eigenvalue weighted by Crippen LogP contribution is -2.26. The van der Waals surface area contributed by atoms with Gasteiger partial charge in [-0.1, -0.05) is 0 Å². The zero-order chi connectivity index (χ0) is 11.4. The molecule has 1 aromatic rings. The van der Waals surface area contributed by atoms with Crippen LogP contribution in [0.4, 0.5) is 0 Å². The number of hydrogen-bond donors (Lipinski definition) is 2. The molecule has 2 heterocycles. The highest BCUT2D eigenvalue weighted by molar-refractivity contribution is 7.12. The van der Waals surface area contributed by atoms with Crippen molar-refractivity contribution in [1.29, 1.82) is 0 Å². The molecule has 0 aromatic carbocycles. The van der Waals surface area contributed by atoms with Crippen molar-refractivity contribution in [2.24, 2.45) is 5.92 Å². The first-order chi connectivity index (χ1) is 7.77. The van der Waals surface area contributed by atoms with E-state index in [1.165, 1.54) is 17.8 Å². The molecule has 0 saturated carbocycles. The van der Waals surface area contributed by atoms with E-state index in [-0.39, 0.29) is 5.91 Å². The van der Waals surface area contributed by atoms with Gasteiger partial charge in [0.25, 0.3) is 5.91 Å². The van der Waals surface area contributed by atoms with Crippen LogP contribution in [0, 0.1) is 12.8 Å². The number of rotatable bonds is 4. The smallest absolute Gasteiger partial charge is 0.261 e. The van der Waals surface area contributed by atoms with Crippen molar-refractivity contribution in [2.45, 2.75) is 19.8 Å². The van der Waals surface area contributed by atoms with Crippen LogP contribution in [0.15, 0.2) is 11.4 Å². The Labute approximate surface area is 100 Å². The minimum absolute atomic E-state index is 0.0819. The number of nitrogens with one attached hydrogen (secondary N) is 2. The van der Waals surface area contributed by atoms with Gasteiger partial charge in [-0.2, -0.15) is 0 Å². The van der Waals surface area contributed by atoms with Gasteiger partial charge in [-0.05, 0) is 55.8 Å². The minimum atomic E-state index is 0.0819. The van der Waals surface area contributed by atoms with Gasteiger partial charge in [0, 0.05) is 6.54 Å². The van der Waals surface area contributed by atoms with Crippen LogP contribution in [-0.4, -0.2) is 25.5 Å². The van der Waals surface area contributed by atoms with E-state index in [1.54, 1.807) is 0 Å². The summed E-state index contributed by atoms with van der Waals surface area (Å²) in [6, 6.07) is 1.99. The number of carbonyl (C=O) groups is 1. The highest BCUT2D eigenvalue weighted by Crippen LogP contribution is 2.15. The minimum Gasteiger partial charge on any atom is -0.351 e. The Morgan fingerprint density at radius 3 is 3.19 bits per heavy atom. The average molecular weight is 238 g/mol. The van der Waals surface area contributed by atoms with E-state index in [2.05, 4.69) is 10.6 Å². The molecule has 0 spiro atoms. The molecule has 0 radical (unpaired) electrons. The normalized spacial score (nSPS) is 19.9. The van der Waals surface area contributed by atoms with Gasteiger partial charge in [-0.15, -0.1) is 11.3 Å². The molecule has 0 aliphatic carbocycles. The lowest BCUT2D eigenvalue weighted by Gasteiger charge is -2.08. The molecular weight excluding hydrogens is 220 g/mol. The zero-order valence-corrected chi connectivity index (χ0v) is 10.4. The SMILES string of the molecule is Cc1ccsc1C(=O)NCCC1CCNC1. The number of thiophene rings is 1. The van der Waals surface area contributed by atoms with Gasteiger partial charge >= 0.3 is 0 Å². The molecule has 2 rings (SSSR count). The van der Waals surface area contributed by atoms with Crippen molar-refractivity contribution in [3.05, 3.63) is 21.9 Å². The molecule has 0 bridgehead atoms. The monoisotopic (exact) mass is 238 g/mol. The van der Waals surface area contributed by atoms with Crippen LogP contribution in [-0.2, 0) is 0 Å². The molecule has 1 fully saturated rings. The molecule has 1 atom stereocenters. The first-order valence-electron chi connectivity index (χ1n) is 5.80.